The molecule has 0 aliphatic rings. The summed E-state index contributed by atoms with van der Waals surface area (Å²) >= 11 is 0. The lowest BCUT2D eigenvalue weighted by Crippen LogP contribution is -2.35. The molecule has 0 aliphatic heterocycles. The molecule has 2 nitrogen and oxygen atoms in total. The zero-order valence-corrected chi connectivity index (χ0v) is 10.4. The first kappa shape index (κ1) is 12.3. The second-order valence-electron chi connectivity index (χ2n) is 4.77. The average Bonchev–Trinajstić information content (AvgIpc) is 2.39. The molecule has 0 bridgehead atoms. The molecule has 2 N–H and O–H groups in total. The van der Waals surface area contributed by atoms with Gasteiger partial charge in [-0.3, -0.25) is 0 Å². The number of nitrogens with zero attached hydrogens (tertiary/aromatic N) is 1. The Kier molecular flexibility index (Phi) is 3.45. The van der Waals surface area contributed by atoms with Crippen molar-refractivity contribution in [1.29, 1.82) is 5.26 Å². The molecule has 0 amide bonds. The van der Waals surface area contributed by atoms with Gasteiger partial charge in [0.1, 0.15) is 0 Å². The van der Waals surface area contributed by atoms with Gasteiger partial charge >= 0.3 is 0 Å². The summed E-state index contributed by atoms with van der Waals surface area (Å²) in [4.78, 5) is 0. The van der Waals surface area contributed by atoms with Gasteiger partial charge in [-0.25, -0.2) is 0 Å². The van der Waals surface area contributed by atoms with Crippen LogP contribution in [0.5, 0.6) is 0 Å². The molecule has 0 aliphatic carbocycles. The second-order valence-corrected chi connectivity index (χ2v) is 4.77. The van der Waals surface area contributed by atoms with Gasteiger partial charge in [-0.05, 0) is 36.6 Å². The summed E-state index contributed by atoms with van der Waals surface area (Å²) < 4.78 is 0. The van der Waals surface area contributed by atoms with Crippen molar-refractivity contribution in [3.63, 3.8) is 0 Å². The Balaban J connectivity index is 2.25. The number of hydrogen-bond donors (Lipinski definition) is 1. The second kappa shape index (κ2) is 5.03. The number of hydrogen-bond acceptors (Lipinski definition) is 2. The van der Waals surface area contributed by atoms with E-state index in [1.54, 1.807) is 6.07 Å². The third-order valence-electron chi connectivity index (χ3n) is 3.06. The van der Waals surface area contributed by atoms with Gasteiger partial charge in [0.2, 0.25) is 0 Å². The summed E-state index contributed by atoms with van der Waals surface area (Å²) in [6, 6.07) is 19.8. The molecular weight excluding hydrogens is 220 g/mol. The molecule has 0 heterocycles. The van der Waals surface area contributed by atoms with Gasteiger partial charge in [-0.2, -0.15) is 5.26 Å². The molecule has 0 spiro atoms. The van der Waals surface area contributed by atoms with Gasteiger partial charge < -0.3 is 5.73 Å². The Hall–Kier alpha value is -2.11. The molecule has 2 rings (SSSR count). The maximum Gasteiger partial charge on any atom is 0.0991 e. The Morgan fingerprint density at radius 2 is 1.83 bits per heavy atom. The quantitative estimate of drug-likeness (QED) is 0.890. The van der Waals surface area contributed by atoms with Gasteiger partial charge in [-0.15, -0.1) is 0 Å². The first-order valence-corrected chi connectivity index (χ1v) is 5.95. The minimum absolute atomic E-state index is 0.421. The van der Waals surface area contributed by atoms with E-state index in [-0.39, 0.29) is 0 Å². The summed E-state index contributed by atoms with van der Waals surface area (Å²) in [5, 5.41) is 8.90. The van der Waals surface area contributed by atoms with E-state index < -0.39 is 5.54 Å². The number of nitriles is 1. The van der Waals surface area contributed by atoms with Crippen LogP contribution in [0.15, 0.2) is 54.6 Å². The van der Waals surface area contributed by atoms with Crippen molar-refractivity contribution in [2.24, 2.45) is 5.73 Å². The molecule has 2 heteroatoms. The van der Waals surface area contributed by atoms with E-state index in [1.165, 1.54) is 0 Å². The van der Waals surface area contributed by atoms with Gasteiger partial charge in [-0.1, -0.05) is 42.5 Å². The van der Waals surface area contributed by atoms with E-state index in [1.807, 2.05) is 55.5 Å². The van der Waals surface area contributed by atoms with E-state index in [2.05, 4.69) is 6.07 Å². The van der Waals surface area contributed by atoms with Crippen LogP contribution in [0.3, 0.4) is 0 Å². The number of benzene rings is 2. The predicted octanol–water partition coefficient (Wildman–Crippen LogP) is 2.97. The van der Waals surface area contributed by atoms with Gasteiger partial charge in [0.15, 0.2) is 0 Å². The van der Waals surface area contributed by atoms with Crippen molar-refractivity contribution in [1.82, 2.24) is 0 Å². The average molecular weight is 236 g/mol. The van der Waals surface area contributed by atoms with E-state index in [9.17, 15) is 0 Å². The van der Waals surface area contributed by atoms with Crippen LogP contribution in [-0.4, -0.2) is 0 Å². The normalized spacial score (nSPS) is 13.6. The lowest BCUT2D eigenvalue weighted by molar-refractivity contribution is 0.491. The Labute approximate surface area is 108 Å². The molecule has 0 fully saturated rings. The van der Waals surface area contributed by atoms with Crippen LogP contribution in [0.1, 0.15) is 23.6 Å². The standard InChI is InChI=1S/C16H16N2/c1-16(18,15-8-3-2-4-9-15)11-13-6-5-7-14(10-13)12-17/h2-10H,11,18H2,1H3. The zero-order valence-electron chi connectivity index (χ0n) is 10.4. The van der Waals surface area contributed by atoms with Crippen molar-refractivity contribution in [3.8, 4) is 6.07 Å². The van der Waals surface area contributed by atoms with Crippen LogP contribution < -0.4 is 5.73 Å². The predicted molar refractivity (Wildman–Crippen MR) is 72.8 cm³/mol. The first-order valence-electron chi connectivity index (χ1n) is 5.95. The van der Waals surface area contributed by atoms with Crippen LogP contribution in [0, 0.1) is 11.3 Å². The molecule has 0 saturated carbocycles. The highest BCUT2D eigenvalue weighted by Gasteiger charge is 2.21. The fourth-order valence-corrected chi connectivity index (χ4v) is 2.10. The highest BCUT2D eigenvalue weighted by Crippen LogP contribution is 2.22. The van der Waals surface area contributed by atoms with Crippen molar-refractivity contribution >= 4 is 0 Å². The third kappa shape index (κ3) is 2.77. The summed E-state index contributed by atoms with van der Waals surface area (Å²) in [5.41, 5.74) is 8.82. The van der Waals surface area contributed by atoms with Crippen LogP contribution in [0.25, 0.3) is 0 Å². The lowest BCUT2D eigenvalue weighted by Gasteiger charge is -2.25. The molecule has 18 heavy (non-hydrogen) atoms. The third-order valence-corrected chi connectivity index (χ3v) is 3.06. The van der Waals surface area contributed by atoms with Crippen molar-refractivity contribution in [3.05, 3.63) is 71.3 Å². The molecule has 0 aromatic heterocycles. The lowest BCUT2D eigenvalue weighted by atomic mass is 9.86. The highest BCUT2D eigenvalue weighted by molar-refractivity contribution is 5.35. The van der Waals surface area contributed by atoms with Crippen LogP contribution in [-0.2, 0) is 12.0 Å². The van der Waals surface area contributed by atoms with Crippen molar-refractivity contribution in [2.75, 3.05) is 0 Å². The SMILES string of the molecule is CC(N)(Cc1cccc(C#N)c1)c1ccccc1. The summed E-state index contributed by atoms with van der Waals surface area (Å²) in [5.74, 6) is 0. The molecule has 1 atom stereocenters. The Bertz CT molecular complexity index is 565. The topological polar surface area (TPSA) is 49.8 Å². The van der Waals surface area contributed by atoms with Crippen LogP contribution in [0.4, 0.5) is 0 Å². The van der Waals surface area contributed by atoms with Crippen molar-refractivity contribution in [2.45, 2.75) is 18.9 Å². The van der Waals surface area contributed by atoms with Crippen molar-refractivity contribution < 1.29 is 0 Å². The first-order chi connectivity index (χ1) is 8.62. The molecule has 0 saturated heterocycles. The summed E-state index contributed by atoms with van der Waals surface area (Å²) in [6.07, 6.45) is 0.715. The van der Waals surface area contributed by atoms with E-state index >= 15 is 0 Å². The van der Waals surface area contributed by atoms with E-state index in [0.717, 1.165) is 11.1 Å². The molecule has 1 unspecified atom stereocenters. The number of rotatable bonds is 3. The molecule has 0 radical (unpaired) electrons. The monoisotopic (exact) mass is 236 g/mol. The highest BCUT2D eigenvalue weighted by atomic mass is 14.7. The zero-order chi connectivity index (χ0) is 13.0. The maximum atomic E-state index is 8.90. The Morgan fingerprint density at radius 1 is 1.11 bits per heavy atom. The molecule has 2 aromatic rings. The molecule has 90 valence electrons. The number of nitrogens with two attached hydrogens (primary N) is 1. The smallest absolute Gasteiger partial charge is 0.0991 e. The van der Waals surface area contributed by atoms with E-state index in [0.29, 0.717) is 12.0 Å². The maximum absolute atomic E-state index is 8.90. The summed E-state index contributed by atoms with van der Waals surface area (Å²) in [7, 11) is 0. The molecular formula is C16H16N2. The van der Waals surface area contributed by atoms with Crippen LogP contribution in [0.2, 0.25) is 0 Å². The fraction of sp³-hybridized carbons (Fsp3) is 0.188. The minimum atomic E-state index is -0.421. The largest absolute Gasteiger partial charge is 0.321 e. The fourth-order valence-electron chi connectivity index (χ4n) is 2.10. The van der Waals surface area contributed by atoms with E-state index in [4.69, 9.17) is 11.0 Å². The molecule has 2 aromatic carbocycles. The van der Waals surface area contributed by atoms with Crippen LogP contribution >= 0.6 is 0 Å². The van der Waals surface area contributed by atoms with Gasteiger partial charge in [0.25, 0.3) is 0 Å². The Morgan fingerprint density at radius 3 is 2.50 bits per heavy atom. The van der Waals surface area contributed by atoms with Gasteiger partial charge in [0.05, 0.1) is 11.6 Å². The minimum Gasteiger partial charge on any atom is -0.321 e. The van der Waals surface area contributed by atoms with Gasteiger partial charge in [0, 0.05) is 5.54 Å². The summed E-state index contributed by atoms with van der Waals surface area (Å²) in [6.45, 7) is 2.02.